The van der Waals surface area contributed by atoms with Gasteiger partial charge >= 0.3 is 12.4 Å². The second kappa shape index (κ2) is 4.17. The fraction of sp³-hybridized carbons (Fsp3) is 0.333. The summed E-state index contributed by atoms with van der Waals surface area (Å²) in [5.41, 5.74) is -3.27. The van der Waals surface area contributed by atoms with Crippen LogP contribution >= 0.6 is 0 Å². The molecule has 1 nitrogen and oxygen atoms in total. The molecule has 0 heterocycles. The van der Waals surface area contributed by atoms with E-state index in [1.54, 1.807) is 0 Å². The Labute approximate surface area is 90.5 Å². The molecular weight excluding hydrogens is 257 g/mol. The van der Waals surface area contributed by atoms with Crippen molar-refractivity contribution in [2.45, 2.75) is 18.5 Å². The summed E-state index contributed by atoms with van der Waals surface area (Å²) in [4.78, 5) is 0. The largest absolute Gasteiger partial charge is 0.418 e. The van der Waals surface area contributed by atoms with Crippen LogP contribution < -0.4 is 0 Å². The van der Waals surface area contributed by atoms with E-state index in [1.807, 2.05) is 0 Å². The lowest BCUT2D eigenvalue weighted by Crippen LogP contribution is -2.23. The zero-order valence-electron chi connectivity index (χ0n) is 7.90. The van der Waals surface area contributed by atoms with Crippen LogP contribution in [0.3, 0.4) is 0 Å². The molecule has 8 heteroatoms. The topological polar surface area (TPSA) is 20.2 Å². The van der Waals surface area contributed by atoms with Crippen molar-refractivity contribution >= 4 is 0 Å². The van der Waals surface area contributed by atoms with Crippen LogP contribution in [0.5, 0.6) is 0 Å². The summed E-state index contributed by atoms with van der Waals surface area (Å²) in [7, 11) is 0. The Hall–Kier alpha value is -1.31. The standard InChI is InChI=1S/C9H5F7O/c10-4-1-2-5(7(17)9(14,15)16)6(3-4)8(11,12)13/h1-3,7,17H/t7-/m0/s1. The molecule has 17 heavy (non-hydrogen) atoms. The fourth-order valence-corrected chi connectivity index (χ4v) is 1.19. The van der Waals surface area contributed by atoms with Gasteiger partial charge in [-0.15, -0.1) is 0 Å². The van der Waals surface area contributed by atoms with Gasteiger partial charge in [0.1, 0.15) is 5.82 Å². The quantitative estimate of drug-likeness (QED) is 0.768. The zero-order chi connectivity index (χ0) is 13.4. The van der Waals surface area contributed by atoms with Crippen molar-refractivity contribution in [2.75, 3.05) is 0 Å². The summed E-state index contributed by atoms with van der Waals surface area (Å²) in [5, 5.41) is 8.74. The van der Waals surface area contributed by atoms with E-state index in [4.69, 9.17) is 5.11 Å². The smallest absolute Gasteiger partial charge is 0.379 e. The van der Waals surface area contributed by atoms with Gasteiger partial charge in [-0.05, 0) is 12.1 Å². The highest BCUT2D eigenvalue weighted by Gasteiger charge is 2.44. The highest BCUT2D eigenvalue weighted by molar-refractivity contribution is 5.32. The Kier molecular flexibility index (Phi) is 3.37. The van der Waals surface area contributed by atoms with Crippen LogP contribution in [-0.2, 0) is 6.18 Å². The summed E-state index contributed by atoms with van der Waals surface area (Å²) in [6, 6.07) is 0.583. The summed E-state index contributed by atoms with van der Waals surface area (Å²) in [6.45, 7) is 0. The molecule has 1 rings (SSSR count). The lowest BCUT2D eigenvalue weighted by molar-refractivity contribution is -0.209. The number of alkyl halides is 6. The average Bonchev–Trinajstić information content (AvgIpc) is 2.14. The molecule has 96 valence electrons. The summed E-state index contributed by atoms with van der Waals surface area (Å²) in [5.74, 6) is -1.34. The fourth-order valence-electron chi connectivity index (χ4n) is 1.19. The van der Waals surface area contributed by atoms with E-state index in [1.165, 1.54) is 0 Å². The monoisotopic (exact) mass is 262 g/mol. The van der Waals surface area contributed by atoms with Gasteiger partial charge in [0.15, 0.2) is 6.10 Å². The average molecular weight is 262 g/mol. The third-order valence-electron chi connectivity index (χ3n) is 1.93. The second-order valence-corrected chi connectivity index (χ2v) is 3.17. The van der Waals surface area contributed by atoms with Gasteiger partial charge in [0.2, 0.25) is 0 Å². The number of hydrogen-bond donors (Lipinski definition) is 1. The molecule has 0 aliphatic heterocycles. The maximum Gasteiger partial charge on any atom is 0.418 e. The Bertz CT molecular complexity index is 407. The van der Waals surface area contributed by atoms with E-state index in [0.29, 0.717) is 6.07 Å². The Morgan fingerprint density at radius 2 is 1.53 bits per heavy atom. The van der Waals surface area contributed by atoms with Crippen LogP contribution in [0.15, 0.2) is 18.2 Å². The van der Waals surface area contributed by atoms with Gasteiger partial charge in [-0.25, -0.2) is 4.39 Å². The van der Waals surface area contributed by atoms with E-state index in [2.05, 4.69) is 0 Å². The Balaban J connectivity index is 3.34. The van der Waals surface area contributed by atoms with Crippen LogP contribution in [-0.4, -0.2) is 11.3 Å². The molecule has 0 aliphatic rings. The first-order valence-electron chi connectivity index (χ1n) is 4.15. The maximum atomic E-state index is 12.6. The number of rotatable bonds is 1. The molecule has 0 fully saturated rings. The molecule has 1 aromatic carbocycles. The second-order valence-electron chi connectivity index (χ2n) is 3.17. The maximum absolute atomic E-state index is 12.6. The van der Waals surface area contributed by atoms with E-state index >= 15 is 0 Å². The molecule has 1 aromatic rings. The molecule has 0 saturated heterocycles. The van der Waals surface area contributed by atoms with Crippen molar-refractivity contribution in [2.24, 2.45) is 0 Å². The van der Waals surface area contributed by atoms with Crippen LogP contribution in [0.2, 0.25) is 0 Å². The molecule has 1 N–H and O–H groups in total. The zero-order valence-corrected chi connectivity index (χ0v) is 7.90. The molecule has 0 bridgehead atoms. The first-order chi connectivity index (χ1) is 7.53. The molecular formula is C9H5F7O. The predicted octanol–water partition coefficient (Wildman–Crippen LogP) is 3.44. The number of aliphatic hydroxyl groups is 1. The lowest BCUT2D eigenvalue weighted by Gasteiger charge is -2.19. The number of benzene rings is 1. The molecule has 0 radical (unpaired) electrons. The minimum atomic E-state index is -5.25. The summed E-state index contributed by atoms with van der Waals surface area (Å²) >= 11 is 0. The van der Waals surface area contributed by atoms with Crippen LogP contribution in [0.1, 0.15) is 17.2 Å². The molecule has 1 atom stereocenters. The van der Waals surface area contributed by atoms with Crippen molar-refractivity contribution < 1.29 is 35.8 Å². The predicted molar refractivity (Wildman–Crippen MR) is 42.4 cm³/mol. The number of hydrogen-bond acceptors (Lipinski definition) is 1. The number of halogens is 7. The first-order valence-corrected chi connectivity index (χ1v) is 4.15. The van der Waals surface area contributed by atoms with Crippen molar-refractivity contribution in [1.29, 1.82) is 0 Å². The van der Waals surface area contributed by atoms with E-state index in [0.717, 1.165) is 0 Å². The number of aliphatic hydroxyl groups excluding tert-OH is 1. The third kappa shape index (κ3) is 3.09. The SMILES string of the molecule is O[C@@H](c1ccc(F)cc1C(F)(F)F)C(F)(F)F. The van der Waals surface area contributed by atoms with Gasteiger partial charge in [0.25, 0.3) is 0 Å². The Morgan fingerprint density at radius 1 is 1.00 bits per heavy atom. The van der Waals surface area contributed by atoms with Crippen molar-refractivity contribution in [1.82, 2.24) is 0 Å². The van der Waals surface area contributed by atoms with Crippen LogP contribution in [0.4, 0.5) is 30.7 Å². The van der Waals surface area contributed by atoms with Crippen LogP contribution in [0.25, 0.3) is 0 Å². The van der Waals surface area contributed by atoms with Crippen molar-refractivity contribution in [3.8, 4) is 0 Å². The molecule has 0 amide bonds. The third-order valence-corrected chi connectivity index (χ3v) is 1.93. The normalized spacial score (nSPS) is 14.8. The highest BCUT2D eigenvalue weighted by atomic mass is 19.4. The molecule has 0 unspecified atom stereocenters. The van der Waals surface area contributed by atoms with E-state index in [-0.39, 0.29) is 12.1 Å². The highest BCUT2D eigenvalue weighted by Crippen LogP contribution is 2.40. The van der Waals surface area contributed by atoms with Crippen LogP contribution in [0, 0.1) is 5.82 Å². The molecule has 0 aliphatic carbocycles. The first kappa shape index (κ1) is 13.8. The molecule has 0 spiro atoms. The van der Waals surface area contributed by atoms with E-state index in [9.17, 15) is 30.7 Å². The van der Waals surface area contributed by atoms with Crippen molar-refractivity contribution in [3.05, 3.63) is 35.1 Å². The van der Waals surface area contributed by atoms with Gasteiger partial charge in [-0.1, -0.05) is 6.07 Å². The van der Waals surface area contributed by atoms with Crippen molar-refractivity contribution in [3.63, 3.8) is 0 Å². The molecule has 0 aromatic heterocycles. The van der Waals surface area contributed by atoms with Gasteiger partial charge in [0.05, 0.1) is 5.56 Å². The minimum Gasteiger partial charge on any atom is -0.379 e. The molecule has 0 saturated carbocycles. The van der Waals surface area contributed by atoms with Gasteiger partial charge < -0.3 is 5.11 Å². The summed E-state index contributed by atoms with van der Waals surface area (Å²) in [6.07, 6.45) is -13.7. The Morgan fingerprint density at radius 3 is 1.94 bits per heavy atom. The van der Waals surface area contributed by atoms with Gasteiger partial charge in [-0.2, -0.15) is 26.3 Å². The summed E-state index contributed by atoms with van der Waals surface area (Å²) < 4.78 is 85.8. The minimum absolute atomic E-state index is 0.0930. The lowest BCUT2D eigenvalue weighted by atomic mass is 10.0. The van der Waals surface area contributed by atoms with Gasteiger partial charge in [0, 0.05) is 5.56 Å². The van der Waals surface area contributed by atoms with E-state index < -0.39 is 35.4 Å². The van der Waals surface area contributed by atoms with Gasteiger partial charge in [-0.3, -0.25) is 0 Å².